The molecule has 5 atom stereocenters. The molecule has 2 aliphatic carbocycles. The van der Waals surface area contributed by atoms with E-state index >= 15 is 0 Å². The molecule has 0 amide bonds. The van der Waals surface area contributed by atoms with Gasteiger partial charge in [0.25, 0.3) is 0 Å². The molecule has 0 aromatic carbocycles. The first-order valence-corrected chi connectivity index (χ1v) is 12.1. The van der Waals surface area contributed by atoms with Gasteiger partial charge in [-0.05, 0) is 44.9 Å². The fourth-order valence-electron chi connectivity index (χ4n) is 5.26. The average molecular weight is 387 g/mol. The zero-order valence-electron chi connectivity index (χ0n) is 16.8. The molecule has 2 saturated carbocycles. The van der Waals surface area contributed by atoms with Crippen molar-refractivity contribution in [1.29, 1.82) is 0 Å². The summed E-state index contributed by atoms with van der Waals surface area (Å²) >= 11 is 0. The summed E-state index contributed by atoms with van der Waals surface area (Å²) in [4.78, 5) is 12.6. The second-order valence-corrected chi connectivity index (χ2v) is 10.8. The van der Waals surface area contributed by atoms with Crippen LogP contribution in [0.4, 0.5) is 0 Å². The Bertz CT molecular complexity index is 493. The largest absolute Gasteiger partial charge is 0.501 e. The Morgan fingerprint density at radius 1 is 1.08 bits per heavy atom. The second kappa shape index (κ2) is 7.87. The van der Waals surface area contributed by atoms with Gasteiger partial charge in [-0.15, -0.1) is 0 Å². The highest BCUT2D eigenvalue weighted by molar-refractivity contribution is 6.60. The van der Waals surface area contributed by atoms with Gasteiger partial charge < -0.3 is 22.8 Å². The molecule has 3 aliphatic rings. The number of rotatable bonds is 11. The highest BCUT2D eigenvalue weighted by Gasteiger charge is 2.73. The van der Waals surface area contributed by atoms with Crippen molar-refractivity contribution >= 4 is 14.8 Å². The van der Waals surface area contributed by atoms with E-state index in [0.717, 1.165) is 6.42 Å². The molecule has 1 saturated heterocycles. The first-order chi connectivity index (χ1) is 12.4. The van der Waals surface area contributed by atoms with E-state index in [0.29, 0.717) is 56.8 Å². The Morgan fingerprint density at radius 2 is 1.69 bits per heavy atom. The lowest BCUT2D eigenvalue weighted by atomic mass is 9.79. The third kappa shape index (κ3) is 3.61. The summed E-state index contributed by atoms with van der Waals surface area (Å²) in [6.45, 7) is 12.5. The predicted molar refractivity (Wildman–Crippen MR) is 98.5 cm³/mol. The highest BCUT2D eigenvalue weighted by atomic mass is 28.4. The molecule has 0 aromatic heterocycles. The molecule has 0 spiro atoms. The van der Waals surface area contributed by atoms with E-state index in [2.05, 4.69) is 13.8 Å². The fourth-order valence-corrected chi connectivity index (χ4v) is 7.84. The van der Waals surface area contributed by atoms with Gasteiger partial charge in [0.2, 0.25) is 0 Å². The van der Waals surface area contributed by atoms with E-state index in [9.17, 15) is 4.79 Å². The van der Waals surface area contributed by atoms with E-state index in [1.807, 2.05) is 20.8 Å². The summed E-state index contributed by atoms with van der Waals surface area (Å²) in [5, 5.41) is 0. The van der Waals surface area contributed by atoms with Crippen LogP contribution in [0.2, 0.25) is 6.04 Å². The van der Waals surface area contributed by atoms with Gasteiger partial charge in [-0.1, -0.05) is 13.8 Å². The maximum atomic E-state index is 12.6. The molecule has 6 nitrogen and oxygen atoms in total. The Balaban J connectivity index is 1.46. The summed E-state index contributed by atoms with van der Waals surface area (Å²) in [5.74, 6) is 0.750. The van der Waals surface area contributed by atoms with Crippen LogP contribution in [0.15, 0.2) is 0 Å². The van der Waals surface area contributed by atoms with Crippen molar-refractivity contribution in [2.75, 3.05) is 26.4 Å². The lowest BCUT2D eigenvalue weighted by Crippen LogP contribution is -2.46. The van der Waals surface area contributed by atoms with Crippen molar-refractivity contribution in [3.05, 3.63) is 0 Å². The first kappa shape index (κ1) is 20.3. The van der Waals surface area contributed by atoms with Crippen LogP contribution in [-0.2, 0) is 27.5 Å². The topological polar surface area (TPSA) is 66.5 Å². The standard InChI is InChI=1S/C19H34O6Si/c1-6-22-26(23-7-2,24-8-3)11-9-10-21-18(20)13-12-14-16-17(25-16)15(13)19(14,4)5/h13-17H,6-12H2,1-5H3. The van der Waals surface area contributed by atoms with Crippen molar-refractivity contribution in [1.82, 2.24) is 0 Å². The molecule has 5 unspecified atom stereocenters. The Labute approximate surface area is 158 Å². The maximum Gasteiger partial charge on any atom is 0.501 e. The lowest BCUT2D eigenvalue weighted by Gasteiger charge is -2.29. The van der Waals surface area contributed by atoms with Gasteiger partial charge in [0.1, 0.15) is 0 Å². The molecule has 26 heavy (non-hydrogen) atoms. The van der Waals surface area contributed by atoms with Crippen molar-refractivity contribution in [2.45, 2.75) is 65.7 Å². The average Bonchev–Trinajstić information content (AvgIpc) is 3.28. The molecule has 0 N–H and O–H groups in total. The van der Waals surface area contributed by atoms with E-state index in [-0.39, 0.29) is 23.4 Å². The predicted octanol–water partition coefficient (Wildman–Crippen LogP) is 3.03. The summed E-state index contributed by atoms with van der Waals surface area (Å²) < 4.78 is 28.9. The van der Waals surface area contributed by atoms with E-state index < -0.39 is 8.80 Å². The van der Waals surface area contributed by atoms with Gasteiger partial charge in [-0.2, -0.15) is 0 Å². The Hall–Kier alpha value is -0.473. The smallest absolute Gasteiger partial charge is 0.465 e. The number of fused-ring (bicyclic) bond motifs is 5. The number of carbonyl (C=O) groups excluding carboxylic acids is 1. The van der Waals surface area contributed by atoms with Crippen LogP contribution in [0.25, 0.3) is 0 Å². The minimum absolute atomic E-state index is 0.00794. The van der Waals surface area contributed by atoms with Gasteiger partial charge in [0.05, 0.1) is 24.7 Å². The van der Waals surface area contributed by atoms with Gasteiger partial charge >= 0.3 is 14.8 Å². The zero-order chi connectivity index (χ0) is 18.9. The Kier molecular flexibility index (Phi) is 6.14. The molecule has 3 rings (SSSR count). The molecular formula is C19H34O6Si. The molecule has 0 radical (unpaired) electrons. The normalized spacial score (nSPS) is 34.0. The third-order valence-corrected chi connectivity index (χ3v) is 9.49. The van der Waals surface area contributed by atoms with Gasteiger partial charge in [-0.3, -0.25) is 4.79 Å². The first-order valence-electron chi connectivity index (χ1n) is 10.1. The van der Waals surface area contributed by atoms with E-state index in [1.54, 1.807) is 0 Å². The van der Waals surface area contributed by atoms with Crippen molar-refractivity contribution in [3.63, 3.8) is 0 Å². The maximum absolute atomic E-state index is 12.6. The lowest BCUT2D eigenvalue weighted by molar-refractivity contribution is -0.151. The van der Waals surface area contributed by atoms with Gasteiger partial charge in [0, 0.05) is 31.8 Å². The van der Waals surface area contributed by atoms with Crippen LogP contribution < -0.4 is 0 Å². The second-order valence-electron chi connectivity index (χ2n) is 8.11. The number of epoxide rings is 1. The molecule has 1 aliphatic heterocycles. The third-order valence-electron chi connectivity index (χ3n) is 6.34. The zero-order valence-corrected chi connectivity index (χ0v) is 17.8. The van der Waals surface area contributed by atoms with Crippen LogP contribution in [0.1, 0.15) is 47.5 Å². The summed E-state index contributed by atoms with van der Waals surface area (Å²) in [6, 6.07) is 0.672. The molecule has 0 aromatic rings. The minimum atomic E-state index is -2.65. The van der Waals surface area contributed by atoms with Crippen LogP contribution in [-0.4, -0.2) is 53.4 Å². The number of hydrogen-bond acceptors (Lipinski definition) is 6. The molecule has 150 valence electrons. The van der Waals surface area contributed by atoms with Crippen LogP contribution in [0.5, 0.6) is 0 Å². The minimum Gasteiger partial charge on any atom is -0.465 e. The van der Waals surface area contributed by atoms with Crippen LogP contribution in [0.3, 0.4) is 0 Å². The number of ether oxygens (including phenoxy) is 2. The fraction of sp³-hybridized carbons (Fsp3) is 0.947. The van der Waals surface area contributed by atoms with Crippen molar-refractivity contribution in [3.8, 4) is 0 Å². The SMILES string of the molecule is CCO[Si](CCCOC(=O)C1CC2C3OC3C1C2(C)C)(OCC)OCC. The van der Waals surface area contributed by atoms with Crippen LogP contribution in [0, 0.1) is 23.2 Å². The monoisotopic (exact) mass is 386 g/mol. The molecule has 2 bridgehead atoms. The van der Waals surface area contributed by atoms with Crippen molar-refractivity contribution < 1.29 is 27.5 Å². The highest BCUT2D eigenvalue weighted by Crippen LogP contribution is 2.68. The van der Waals surface area contributed by atoms with Gasteiger partial charge in [-0.25, -0.2) is 0 Å². The molecule has 3 fully saturated rings. The summed E-state index contributed by atoms with van der Waals surface area (Å²) in [6.07, 6.45) is 2.29. The van der Waals surface area contributed by atoms with E-state index in [1.165, 1.54) is 0 Å². The van der Waals surface area contributed by atoms with Crippen LogP contribution >= 0.6 is 0 Å². The molecule has 1 heterocycles. The molecule has 7 heteroatoms. The number of carbonyl (C=O) groups is 1. The van der Waals surface area contributed by atoms with E-state index in [4.69, 9.17) is 22.8 Å². The number of esters is 1. The quantitative estimate of drug-likeness (QED) is 0.235. The van der Waals surface area contributed by atoms with Crippen molar-refractivity contribution in [2.24, 2.45) is 23.2 Å². The number of hydrogen-bond donors (Lipinski definition) is 0. The molecular weight excluding hydrogens is 352 g/mol. The van der Waals surface area contributed by atoms with Gasteiger partial charge in [0.15, 0.2) is 0 Å². The summed E-state index contributed by atoms with van der Waals surface area (Å²) in [7, 11) is -2.65. The Morgan fingerprint density at radius 3 is 2.19 bits per heavy atom. The summed E-state index contributed by atoms with van der Waals surface area (Å²) in [5.41, 5.74) is 0.193.